The molecule has 0 unspecified atom stereocenters. The van der Waals surface area contributed by atoms with Gasteiger partial charge in [-0.1, -0.05) is 31.2 Å². The molecule has 15 heavy (non-hydrogen) atoms. The second kappa shape index (κ2) is 4.58. The van der Waals surface area contributed by atoms with Crippen molar-refractivity contribution in [3.8, 4) is 0 Å². The lowest BCUT2D eigenvalue weighted by Gasteiger charge is -2.15. The summed E-state index contributed by atoms with van der Waals surface area (Å²) in [6, 6.07) is 8.88. The highest BCUT2D eigenvalue weighted by molar-refractivity contribution is 7.99. The normalized spacial score (nSPS) is 17.7. The Morgan fingerprint density at radius 3 is 2.40 bits per heavy atom. The average Bonchev–Trinajstić information content (AvgIpc) is 3.08. The molecule has 0 aliphatic heterocycles. The summed E-state index contributed by atoms with van der Waals surface area (Å²) in [5, 5.41) is 0. The van der Waals surface area contributed by atoms with E-state index in [0.717, 1.165) is 0 Å². The molecule has 0 saturated heterocycles. The Balaban J connectivity index is 2.08. The smallest absolute Gasteiger partial charge is 0.0178 e. The summed E-state index contributed by atoms with van der Waals surface area (Å²) in [5.74, 6) is 2.51. The van der Waals surface area contributed by atoms with Crippen molar-refractivity contribution in [2.24, 2.45) is 5.73 Å². The fourth-order valence-electron chi connectivity index (χ4n) is 1.96. The van der Waals surface area contributed by atoms with Crippen molar-refractivity contribution in [2.45, 2.75) is 31.7 Å². The van der Waals surface area contributed by atoms with Gasteiger partial charge < -0.3 is 5.73 Å². The van der Waals surface area contributed by atoms with Crippen LogP contribution in [0.25, 0.3) is 0 Å². The highest BCUT2D eigenvalue weighted by Crippen LogP contribution is 2.50. The van der Waals surface area contributed by atoms with Crippen LogP contribution >= 0.6 is 11.8 Å². The Morgan fingerprint density at radius 2 is 1.93 bits per heavy atom. The number of nitrogens with two attached hydrogens (primary N) is 1. The lowest BCUT2D eigenvalue weighted by atomic mass is 9.97. The van der Waals surface area contributed by atoms with Gasteiger partial charge in [0.25, 0.3) is 0 Å². The van der Waals surface area contributed by atoms with Gasteiger partial charge in [0.05, 0.1) is 0 Å². The van der Waals surface area contributed by atoms with Crippen molar-refractivity contribution in [2.75, 3.05) is 11.5 Å². The molecule has 1 nitrogen and oxygen atoms in total. The molecule has 82 valence electrons. The highest BCUT2D eigenvalue weighted by atomic mass is 32.2. The minimum Gasteiger partial charge on any atom is -0.326 e. The molecule has 2 N–H and O–H groups in total. The number of hydrogen-bond acceptors (Lipinski definition) is 2. The molecule has 1 aliphatic carbocycles. The van der Waals surface area contributed by atoms with Crippen molar-refractivity contribution >= 4 is 11.8 Å². The first-order valence-electron chi connectivity index (χ1n) is 5.68. The molecule has 0 amide bonds. The largest absolute Gasteiger partial charge is 0.326 e. The van der Waals surface area contributed by atoms with Crippen molar-refractivity contribution in [3.05, 3.63) is 35.4 Å². The molecular formula is C13H19NS. The summed E-state index contributed by atoms with van der Waals surface area (Å²) in [7, 11) is 0. The first kappa shape index (κ1) is 11.0. The standard InChI is InChI=1S/C13H19NS/c1-2-15-10-13(7-8-13)12-5-3-11(9-14)4-6-12/h3-6H,2,7-10,14H2,1H3. The maximum absolute atomic E-state index is 5.60. The van der Waals surface area contributed by atoms with Gasteiger partial charge in [0.1, 0.15) is 0 Å². The fraction of sp³-hybridized carbons (Fsp3) is 0.538. The summed E-state index contributed by atoms with van der Waals surface area (Å²) in [4.78, 5) is 0. The van der Waals surface area contributed by atoms with Crippen LogP contribution in [0.1, 0.15) is 30.9 Å². The van der Waals surface area contributed by atoms with Gasteiger partial charge in [-0.15, -0.1) is 0 Å². The van der Waals surface area contributed by atoms with E-state index in [1.165, 1.54) is 35.5 Å². The van der Waals surface area contributed by atoms with E-state index in [1.54, 1.807) is 0 Å². The van der Waals surface area contributed by atoms with E-state index in [2.05, 4.69) is 43.0 Å². The van der Waals surface area contributed by atoms with Crippen LogP contribution in [-0.2, 0) is 12.0 Å². The molecule has 0 bridgehead atoms. The van der Waals surface area contributed by atoms with E-state index >= 15 is 0 Å². The summed E-state index contributed by atoms with van der Waals surface area (Å²) < 4.78 is 0. The summed E-state index contributed by atoms with van der Waals surface area (Å²) in [6.07, 6.45) is 2.73. The van der Waals surface area contributed by atoms with Gasteiger partial charge in [-0.2, -0.15) is 11.8 Å². The van der Waals surface area contributed by atoms with E-state index < -0.39 is 0 Å². The second-order valence-electron chi connectivity index (χ2n) is 4.32. The Bertz CT molecular complexity index is 314. The molecule has 0 atom stereocenters. The first-order valence-corrected chi connectivity index (χ1v) is 6.83. The van der Waals surface area contributed by atoms with Crippen molar-refractivity contribution < 1.29 is 0 Å². The number of rotatable bonds is 5. The molecule has 1 saturated carbocycles. The summed E-state index contributed by atoms with van der Waals surface area (Å²) >= 11 is 2.06. The molecule has 2 heteroatoms. The fourth-order valence-corrected chi connectivity index (χ4v) is 3.01. The predicted molar refractivity (Wildman–Crippen MR) is 68.2 cm³/mol. The van der Waals surface area contributed by atoms with E-state index in [0.29, 0.717) is 12.0 Å². The van der Waals surface area contributed by atoms with Crippen LogP contribution in [0.15, 0.2) is 24.3 Å². The highest BCUT2D eigenvalue weighted by Gasteiger charge is 2.43. The monoisotopic (exact) mass is 221 g/mol. The van der Waals surface area contributed by atoms with Gasteiger partial charge >= 0.3 is 0 Å². The molecule has 1 aromatic rings. The average molecular weight is 221 g/mol. The zero-order valence-electron chi connectivity index (χ0n) is 9.33. The van der Waals surface area contributed by atoms with Gasteiger partial charge in [-0.3, -0.25) is 0 Å². The van der Waals surface area contributed by atoms with Crippen molar-refractivity contribution in [1.29, 1.82) is 0 Å². The van der Waals surface area contributed by atoms with Crippen LogP contribution < -0.4 is 5.73 Å². The molecule has 0 aromatic heterocycles. The summed E-state index contributed by atoms with van der Waals surface area (Å²) in [6.45, 7) is 2.88. The first-order chi connectivity index (χ1) is 7.30. The van der Waals surface area contributed by atoms with Crippen LogP contribution in [0.4, 0.5) is 0 Å². The van der Waals surface area contributed by atoms with Gasteiger partial charge in [-0.25, -0.2) is 0 Å². The molecular weight excluding hydrogens is 202 g/mol. The summed E-state index contributed by atoms with van der Waals surface area (Å²) in [5.41, 5.74) is 8.86. The molecule has 1 aromatic carbocycles. The quantitative estimate of drug-likeness (QED) is 0.827. The number of thioether (sulfide) groups is 1. The minimum absolute atomic E-state index is 0.508. The van der Waals surface area contributed by atoms with Crippen LogP contribution in [0.3, 0.4) is 0 Å². The Morgan fingerprint density at radius 1 is 1.27 bits per heavy atom. The van der Waals surface area contributed by atoms with Crippen LogP contribution in [0.2, 0.25) is 0 Å². The molecule has 1 aliphatic rings. The van der Waals surface area contributed by atoms with Crippen molar-refractivity contribution in [3.63, 3.8) is 0 Å². The SMILES string of the molecule is CCSCC1(c2ccc(CN)cc2)CC1. The van der Waals surface area contributed by atoms with Gasteiger partial charge in [0, 0.05) is 17.7 Å². The number of benzene rings is 1. The van der Waals surface area contributed by atoms with E-state index in [9.17, 15) is 0 Å². The Kier molecular flexibility index (Phi) is 3.37. The lowest BCUT2D eigenvalue weighted by molar-refractivity contribution is 0.801. The Hall–Kier alpha value is -0.470. The van der Waals surface area contributed by atoms with E-state index in [1.807, 2.05) is 0 Å². The topological polar surface area (TPSA) is 26.0 Å². The zero-order chi connectivity index (χ0) is 10.7. The van der Waals surface area contributed by atoms with Crippen LogP contribution in [-0.4, -0.2) is 11.5 Å². The zero-order valence-corrected chi connectivity index (χ0v) is 10.1. The van der Waals surface area contributed by atoms with Crippen molar-refractivity contribution in [1.82, 2.24) is 0 Å². The lowest BCUT2D eigenvalue weighted by Crippen LogP contribution is -2.10. The van der Waals surface area contributed by atoms with Crippen LogP contribution in [0.5, 0.6) is 0 Å². The van der Waals surface area contributed by atoms with E-state index in [4.69, 9.17) is 5.73 Å². The van der Waals surface area contributed by atoms with Gasteiger partial charge in [-0.05, 0) is 29.7 Å². The Labute approximate surface area is 96.4 Å². The molecule has 0 spiro atoms. The molecule has 0 radical (unpaired) electrons. The maximum Gasteiger partial charge on any atom is 0.0178 e. The minimum atomic E-state index is 0.508. The third-order valence-corrected chi connectivity index (χ3v) is 4.40. The third kappa shape index (κ3) is 2.37. The molecule has 1 fully saturated rings. The molecule has 0 heterocycles. The van der Waals surface area contributed by atoms with E-state index in [-0.39, 0.29) is 0 Å². The van der Waals surface area contributed by atoms with Gasteiger partial charge in [0.15, 0.2) is 0 Å². The predicted octanol–water partition coefficient (Wildman–Crippen LogP) is 2.93. The number of hydrogen-bond donors (Lipinski definition) is 1. The maximum atomic E-state index is 5.60. The second-order valence-corrected chi connectivity index (χ2v) is 5.59. The van der Waals surface area contributed by atoms with Gasteiger partial charge in [0.2, 0.25) is 0 Å². The third-order valence-electron chi connectivity index (χ3n) is 3.24. The molecule has 2 rings (SSSR count). The van der Waals surface area contributed by atoms with Crippen LogP contribution in [0, 0.1) is 0 Å².